The average Bonchev–Trinajstić information content (AvgIpc) is 2.57. The van der Waals surface area contributed by atoms with Crippen LogP contribution in [0.1, 0.15) is 52.9 Å². The molecule has 0 saturated carbocycles. The standard InChI is InChI=1S/C19H30O4/c1-6-15(20)9-11-19(8-3)12-10-16(22-14-19)18(4,5)13-23-17(21)7-2/h6-7,16H,1-2,8-14H2,3-5H3. The molecule has 2 atom stereocenters. The van der Waals surface area contributed by atoms with Crippen molar-refractivity contribution >= 4 is 11.8 Å². The van der Waals surface area contributed by atoms with Crippen molar-refractivity contribution in [3.8, 4) is 0 Å². The first-order valence-electron chi connectivity index (χ1n) is 8.34. The molecule has 1 aliphatic heterocycles. The quantitative estimate of drug-likeness (QED) is 0.478. The lowest BCUT2D eigenvalue weighted by molar-refractivity contribution is -0.153. The van der Waals surface area contributed by atoms with Gasteiger partial charge < -0.3 is 9.47 Å². The van der Waals surface area contributed by atoms with Crippen LogP contribution in [0.4, 0.5) is 0 Å². The number of carbonyl (C=O) groups excluding carboxylic acids is 2. The fourth-order valence-corrected chi connectivity index (χ4v) is 3.04. The van der Waals surface area contributed by atoms with E-state index in [1.807, 2.05) is 13.8 Å². The number of ketones is 1. The lowest BCUT2D eigenvalue weighted by atomic mass is 9.71. The molecule has 0 aliphatic carbocycles. The van der Waals surface area contributed by atoms with Crippen LogP contribution in [0.5, 0.6) is 0 Å². The van der Waals surface area contributed by atoms with Crippen molar-refractivity contribution in [2.45, 2.75) is 59.0 Å². The minimum Gasteiger partial charge on any atom is -0.462 e. The summed E-state index contributed by atoms with van der Waals surface area (Å²) in [5, 5.41) is 0. The Labute approximate surface area is 139 Å². The van der Waals surface area contributed by atoms with Gasteiger partial charge in [-0.25, -0.2) is 4.79 Å². The molecule has 2 unspecified atom stereocenters. The highest BCUT2D eigenvalue weighted by Crippen LogP contribution is 2.42. The van der Waals surface area contributed by atoms with Crippen molar-refractivity contribution in [3.63, 3.8) is 0 Å². The van der Waals surface area contributed by atoms with Gasteiger partial charge in [-0.3, -0.25) is 4.79 Å². The fourth-order valence-electron chi connectivity index (χ4n) is 3.04. The molecule has 0 aromatic carbocycles. The van der Waals surface area contributed by atoms with E-state index in [4.69, 9.17) is 9.47 Å². The molecule has 0 amide bonds. The van der Waals surface area contributed by atoms with Gasteiger partial charge in [0.1, 0.15) is 0 Å². The fraction of sp³-hybridized carbons (Fsp3) is 0.684. The Hall–Kier alpha value is -1.42. The minimum atomic E-state index is -0.403. The predicted molar refractivity (Wildman–Crippen MR) is 91.1 cm³/mol. The number of hydrogen-bond acceptors (Lipinski definition) is 4. The highest BCUT2D eigenvalue weighted by Gasteiger charge is 2.40. The van der Waals surface area contributed by atoms with E-state index in [-0.39, 0.29) is 22.7 Å². The molecular weight excluding hydrogens is 292 g/mol. The van der Waals surface area contributed by atoms with E-state index in [0.29, 0.717) is 19.6 Å². The third-order valence-electron chi connectivity index (χ3n) is 5.03. The van der Waals surface area contributed by atoms with Crippen molar-refractivity contribution in [1.29, 1.82) is 0 Å². The summed E-state index contributed by atoms with van der Waals surface area (Å²) in [6.07, 6.45) is 6.93. The zero-order chi connectivity index (χ0) is 17.5. The Bertz CT molecular complexity index is 442. The van der Waals surface area contributed by atoms with E-state index in [0.717, 1.165) is 25.7 Å². The van der Waals surface area contributed by atoms with Gasteiger partial charge in [-0.2, -0.15) is 0 Å². The molecule has 4 heteroatoms. The van der Waals surface area contributed by atoms with Crippen LogP contribution < -0.4 is 0 Å². The molecule has 1 rings (SSSR count). The zero-order valence-corrected chi connectivity index (χ0v) is 14.7. The zero-order valence-electron chi connectivity index (χ0n) is 14.7. The third kappa shape index (κ3) is 5.61. The molecule has 0 radical (unpaired) electrons. The van der Waals surface area contributed by atoms with Gasteiger partial charge in [0.2, 0.25) is 0 Å². The maximum atomic E-state index is 11.5. The van der Waals surface area contributed by atoms with Crippen LogP contribution in [0.25, 0.3) is 0 Å². The van der Waals surface area contributed by atoms with E-state index in [9.17, 15) is 9.59 Å². The Kier molecular flexibility index (Phi) is 7.20. The van der Waals surface area contributed by atoms with E-state index in [1.54, 1.807) is 0 Å². The van der Waals surface area contributed by atoms with Gasteiger partial charge in [0, 0.05) is 17.9 Å². The first kappa shape index (κ1) is 19.6. The Morgan fingerprint density at radius 1 is 1.35 bits per heavy atom. The SMILES string of the molecule is C=CC(=O)CCC1(CC)CCC(C(C)(C)COC(=O)C=C)OC1. The summed E-state index contributed by atoms with van der Waals surface area (Å²) in [7, 11) is 0. The average molecular weight is 322 g/mol. The molecule has 0 spiro atoms. The second-order valence-corrected chi connectivity index (χ2v) is 7.16. The summed E-state index contributed by atoms with van der Waals surface area (Å²) in [6.45, 7) is 14.2. The lowest BCUT2D eigenvalue weighted by Crippen LogP contribution is -2.44. The van der Waals surface area contributed by atoms with E-state index in [2.05, 4.69) is 20.1 Å². The maximum absolute atomic E-state index is 11.5. The number of esters is 1. The summed E-state index contributed by atoms with van der Waals surface area (Å²) in [5.41, 5.74) is -0.168. The predicted octanol–water partition coefficient (Wildman–Crippen LogP) is 3.85. The summed E-state index contributed by atoms with van der Waals surface area (Å²) in [4.78, 5) is 22.7. The van der Waals surface area contributed by atoms with Crippen LogP contribution >= 0.6 is 0 Å². The molecule has 0 aromatic rings. The third-order valence-corrected chi connectivity index (χ3v) is 5.03. The highest BCUT2D eigenvalue weighted by atomic mass is 16.5. The van der Waals surface area contributed by atoms with Crippen LogP contribution in [-0.2, 0) is 19.1 Å². The number of carbonyl (C=O) groups is 2. The van der Waals surface area contributed by atoms with Gasteiger partial charge in [0.25, 0.3) is 0 Å². The van der Waals surface area contributed by atoms with Crippen molar-refractivity contribution in [1.82, 2.24) is 0 Å². The van der Waals surface area contributed by atoms with E-state index in [1.165, 1.54) is 12.2 Å². The van der Waals surface area contributed by atoms with Crippen molar-refractivity contribution in [2.75, 3.05) is 13.2 Å². The first-order valence-corrected chi connectivity index (χ1v) is 8.34. The van der Waals surface area contributed by atoms with Crippen molar-refractivity contribution in [2.24, 2.45) is 10.8 Å². The molecule has 23 heavy (non-hydrogen) atoms. The monoisotopic (exact) mass is 322 g/mol. The van der Waals surface area contributed by atoms with Crippen molar-refractivity contribution in [3.05, 3.63) is 25.3 Å². The van der Waals surface area contributed by atoms with Crippen LogP contribution in [-0.4, -0.2) is 31.1 Å². The van der Waals surface area contributed by atoms with Gasteiger partial charge in [-0.1, -0.05) is 33.9 Å². The normalized spacial score (nSPS) is 24.7. The first-order chi connectivity index (χ1) is 10.8. The largest absolute Gasteiger partial charge is 0.462 e. The van der Waals surface area contributed by atoms with Gasteiger partial charge >= 0.3 is 5.97 Å². The van der Waals surface area contributed by atoms with Gasteiger partial charge in [0.15, 0.2) is 5.78 Å². The molecule has 130 valence electrons. The van der Waals surface area contributed by atoms with Gasteiger partial charge in [-0.05, 0) is 37.2 Å². The smallest absolute Gasteiger partial charge is 0.330 e. The van der Waals surface area contributed by atoms with E-state index >= 15 is 0 Å². The summed E-state index contributed by atoms with van der Waals surface area (Å²) < 4.78 is 11.3. The number of allylic oxidation sites excluding steroid dienone is 1. The molecule has 1 aliphatic rings. The number of rotatable bonds is 9. The Morgan fingerprint density at radius 2 is 2.04 bits per heavy atom. The lowest BCUT2D eigenvalue weighted by Gasteiger charge is -2.44. The second-order valence-electron chi connectivity index (χ2n) is 7.16. The van der Waals surface area contributed by atoms with Gasteiger partial charge in [0.05, 0.1) is 19.3 Å². The highest BCUT2D eigenvalue weighted by molar-refractivity contribution is 5.89. The van der Waals surface area contributed by atoms with Crippen LogP contribution in [0.2, 0.25) is 0 Å². The Morgan fingerprint density at radius 3 is 2.52 bits per heavy atom. The Balaban J connectivity index is 2.57. The second kappa shape index (κ2) is 8.44. The van der Waals surface area contributed by atoms with Crippen LogP contribution in [0.15, 0.2) is 25.3 Å². The van der Waals surface area contributed by atoms with Gasteiger partial charge in [-0.15, -0.1) is 0 Å². The molecular formula is C19H30O4. The van der Waals surface area contributed by atoms with Crippen molar-refractivity contribution < 1.29 is 19.1 Å². The molecule has 0 bridgehead atoms. The molecule has 1 heterocycles. The maximum Gasteiger partial charge on any atom is 0.330 e. The van der Waals surface area contributed by atoms with Crippen LogP contribution in [0, 0.1) is 10.8 Å². The molecule has 1 saturated heterocycles. The topological polar surface area (TPSA) is 52.6 Å². The molecule has 1 fully saturated rings. The summed E-state index contributed by atoms with van der Waals surface area (Å²) >= 11 is 0. The molecule has 0 N–H and O–H groups in total. The number of hydrogen-bond donors (Lipinski definition) is 0. The summed E-state index contributed by atoms with van der Waals surface area (Å²) in [6, 6.07) is 0. The van der Waals surface area contributed by atoms with E-state index < -0.39 is 5.97 Å². The number of ether oxygens (including phenoxy) is 2. The van der Waals surface area contributed by atoms with Crippen LogP contribution in [0.3, 0.4) is 0 Å². The molecule has 0 aromatic heterocycles. The molecule has 4 nitrogen and oxygen atoms in total. The summed E-state index contributed by atoms with van der Waals surface area (Å²) in [5.74, 6) is -0.309. The minimum absolute atomic E-state index is 0.0508.